The molecule has 4 rings (SSSR count). The highest BCUT2D eigenvalue weighted by molar-refractivity contribution is 5.80. The maximum absolute atomic E-state index is 9.79. The third-order valence-corrected chi connectivity index (χ3v) is 5.34. The van der Waals surface area contributed by atoms with Crippen molar-refractivity contribution in [2.75, 3.05) is 0 Å². The fourth-order valence-corrected chi connectivity index (χ4v) is 4.53. The van der Waals surface area contributed by atoms with Crippen LogP contribution in [0.25, 0.3) is 11.3 Å². The quantitative estimate of drug-likeness (QED) is 0.883. The fourth-order valence-electron chi connectivity index (χ4n) is 4.53. The van der Waals surface area contributed by atoms with E-state index in [4.69, 9.17) is 0 Å². The topological polar surface area (TPSA) is 25.2 Å². The Kier molecular flexibility index (Phi) is 2.80. The summed E-state index contributed by atoms with van der Waals surface area (Å²) in [5, 5.41) is 9.79. The van der Waals surface area contributed by atoms with Gasteiger partial charge in [-0.25, -0.2) is 0 Å². The Hall–Kier alpha value is -1.54. The van der Waals surface area contributed by atoms with Gasteiger partial charge >= 0.3 is 0 Å². The van der Waals surface area contributed by atoms with Crippen LogP contribution in [0.1, 0.15) is 49.3 Å². The zero-order chi connectivity index (χ0) is 14.6. The van der Waals surface area contributed by atoms with Crippen LogP contribution in [0.3, 0.4) is 0 Å². The number of aliphatic hydroxyl groups is 1. The van der Waals surface area contributed by atoms with Gasteiger partial charge in [0.1, 0.15) is 0 Å². The monoisotopic (exact) mass is 281 g/mol. The zero-order valence-electron chi connectivity index (χ0n) is 12.9. The van der Waals surface area contributed by atoms with Gasteiger partial charge in [0.2, 0.25) is 0 Å². The molecular formula is C19H23NO. The molecule has 2 aliphatic rings. The van der Waals surface area contributed by atoms with Gasteiger partial charge in [0, 0.05) is 23.7 Å². The Morgan fingerprint density at radius 1 is 1.19 bits per heavy atom. The van der Waals surface area contributed by atoms with Gasteiger partial charge in [-0.3, -0.25) is 0 Å². The van der Waals surface area contributed by atoms with Crippen LogP contribution in [-0.4, -0.2) is 15.8 Å². The summed E-state index contributed by atoms with van der Waals surface area (Å²) in [5.41, 5.74) is 7.35. The molecule has 2 nitrogen and oxygen atoms in total. The van der Waals surface area contributed by atoms with E-state index in [0.717, 1.165) is 0 Å². The highest BCUT2D eigenvalue weighted by atomic mass is 16.3. The summed E-state index contributed by atoms with van der Waals surface area (Å²) < 4.78 is 2.26. The average molecular weight is 281 g/mol. The fraction of sp³-hybridized carbons (Fsp3) is 0.474. The second-order valence-corrected chi connectivity index (χ2v) is 6.92. The van der Waals surface area contributed by atoms with Gasteiger partial charge in [-0.15, -0.1) is 0 Å². The predicted octanol–water partition coefficient (Wildman–Crippen LogP) is 4.02. The Morgan fingerprint density at radius 2 is 1.95 bits per heavy atom. The van der Waals surface area contributed by atoms with E-state index in [1.165, 1.54) is 53.6 Å². The second-order valence-electron chi connectivity index (χ2n) is 6.92. The smallest absolute Gasteiger partial charge is 0.0691 e. The summed E-state index contributed by atoms with van der Waals surface area (Å²) in [6, 6.07) is 9.24. The first kappa shape index (κ1) is 13.1. The minimum absolute atomic E-state index is 0.252. The maximum atomic E-state index is 9.79. The first-order valence-corrected chi connectivity index (χ1v) is 8.11. The molecule has 2 aliphatic carbocycles. The van der Waals surface area contributed by atoms with Crippen molar-refractivity contribution in [3.05, 3.63) is 47.2 Å². The lowest BCUT2D eigenvalue weighted by atomic mass is 9.77. The Labute approximate surface area is 126 Å². The summed E-state index contributed by atoms with van der Waals surface area (Å²) in [5.74, 6) is 0. The minimum atomic E-state index is -0.310. The number of fused-ring (bicyclic) bond motifs is 5. The molecule has 1 heterocycles. The van der Waals surface area contributed by atoms with E-state index in [2.05, 4.69) is 42.0 Å². The van der Waals surface area contributed by atoms with Crippen LogP contribution in [0, 0.1) is 6.92 Å². The molecule has 1 aromatic carbocycles. The molecule has 1 spiro atoms. The molecule has 2 aromatic rings. The van der Waals surface area contributed by atoms with Crippen LogP contribution in [-0.2, 0) is 12.0 Å². The van der Waals surface area contributed by atoms with Crippen molar-refractivity contribution in [3.63, 3.8) is 0 Å². The van der Waals surface area contributed by atoms with E-state index < -0.39 is 0 Å². The number of aromatic nitrogens is 1. The van der Waals surface area contributed by atoms with Gasteiger partial charge in [0.25, 0.3) is 0 Å². The minimum Gasteiger partial charge on any atom is -0.392 e. The highest BCUT2D eigenvalue weighted by Gasteiger charge is 2.46. The summed E-state index contributed by atoms with van der Waals surface area (Å²) in [7, 11) is 0. The lowest BCUT2D eigenvalue weighted by Crippen LogP contribution is -2.19. The molecule has 0 radical (unpaired) electrons. The van der Waals surface area contributed by atoms with E-state index in [-0.39, 0.29) is 11.5 Å². The van der Waals surface area contributed by atoms with E-state index >= 15 is 0 Å². The molecule has 0 bridgehead atoms. The van der Waals surface area contributed by atoms with Crippen molar-refractivity contribution in [1.29, 1.82) is 0 Å². The predicted molar refractivity (Wildman–Crippen MR) is 85.5 cm³/mol. The Balaban J connectivity index is 1.96. The van der Waals surface area contributed by atoms with Crippen LogP contribution >= 0.6 is 0 Å². The van der Waals surface area contributed by atoms with Crippen molar-refractivity contribution >= 4 is 0 Å². The normalized spacial score (nSPS) is 19.8. The second kappa shape index (κ2) is 4.48. The number of aliphatic hydroxyl groups excluding tert-OH is 1. The highest BCUT2D eigenvalue weighted by Crippen LogP contribution is 2.57. The van der Waals surface area contributed by atoms with Crippen LogP contribution in [0.4, 0.5) is 0 Å². The van der Waals surface area contributed by atoms with Crippen LogP contribution in [0.2, 0.25) is 0 Å². The molecule has 1 atom stereocenters. The number of nitrogens with zero attached hydrogens (tertiary/aromatic N) is 1. The first-order valence-electron chi connectivity index (χ1n) is 8.11. The Morgan fingerprint density at radius 3 is 2.67 bits per heavy atom. The van der Waals surface area contributed by atoms with Crippen molar-refractivity contribution in [2.24, 2.45) is 0 Å². The Bertz CT molecular complexity index is 690. The molecule has 1 aromatic heterocycles. The van der Waals surface area contributed by atoms with Gasteiger partial charge in [-0.05, 0) is 49.9 Å². The molecule has 0 saturated heterocycles. The molecular weight excluding hydrogens is 258 g/mol. The molecule has 0 amide bonds. The molecule has 0 unspecified atom stereocenters. The third-order valence-electron chi connectivity index (χ3n) is 5.34. The van der Waals surface area contributed by atoms with Crippen LogP contribution in [0.15, 0.2) is 30.5 Å². The molecule has 1 N–H and O–H groups in total. The van der Waals surface area contributed by atoms with E-state index in [0.29, 0.717) is 6.54 Å². The molecule has 2 heteroatoms. The van der Waals surface area contributed by atoms with Gasteiger partial charge in [0.15, 0.2) is 0 Å². The number of benzene rings is 1. The van der Waals surface area contributed by atoms with E-state index in [9.17, 15) is 5.11 Å². The number of aryl methyl sites for hydroxylation is 1. The average Bonchev–Trinajstić information content (AvgIpc) is 3.10. The molecule has 0 aliphatic heterocycles. The summed E-state index contributed by atoms with van der Waals surface area (Å²) in [6.07, 6.45) is 7.06. The lowest BCUT2D eigenvalue weighted by Gasteiger charge is -2.25. The largest absolute Gasteiger partial charge is 0.392 e. The lowest BCUT2D eigenvalue weighted by molar-refractivity contribution is 0.174. The zero-order valence-corrected chi connectivity index (χ0v) is 12.9. The van der Waals surface area contributed by atoms with Crippen molar-refractivity contribution in [2.45, 2.75) is 57.6 Å². The van der Waals surface area contributed by atoms with Crippen LogP contribution < -0.4 is 0 Å². The first-order chi connectivity index (χ1) is 10.1. The van der Waals surface area contributed by atoms with Crippen molar-refractivity contribution < 1.29 is 5.11 Å². The van der Waals surface area contributed by atoms with E-state index in [1.54, 1.807) is 0 Å². The molecule has 1 fully saturated rings. The standard InChI is InChI=1S/C19H23NO/c1-13-5-6-16-15(11-13)18-17(19(16)8-3-4-9-19)7-10-20(18)12-14(2)21/h5-7,10-11,14,21H,3-4,8-9,12H2,1-2H3/t14-/m1/s1. The van der Waals surface area contributed by atoms with Gasteiger partial charge in [-0.1, -0.05) is 30.5 Å². The maximum Gasteiger partial charge on any atom is 0.0691 e. The van der Waals surface area contributed by atoms with Gasteiger partial charge < -0.3 is 9.67 Å². The van der Waals surface area contributed by atoms with Crippen molar-refractivity contribution in [3.8, 4) is 11.3 Å². The van der Waals surface area contributed by atoms with Crippen molar-refractivity contribution in [1.82, 2.24) is 4.57 Å². The van der Waals surface area contributed by atoms with Crippen LogP contribution in [0.5, 0.6) is 0 Å². The molecule has 110 valence electrons. The number of hydrogen-bond donors (Lipinski definition) is 1. The van der Waals surface area contributed by atoms with Gasteiger partial charge in [-0.2, -0.15) is 0 Å². The van der Waals surface area contributed by atoms with Gasteiger partial charge in [0.05, 0.1) is 11.8 Å². The third kappa shape index (κ3) is 1.75. The number of rotatable bonds is 2. The molecule has 1 saturated carbocycles. The van der Waals surface area contributed by atoms with E-state index in [1.807, 2.05) is 6.92 Å². The summed E-state index contributed by atoms with van der Waals surface area (Å²) in [6.45, 7) is 4.71. The SMILES string of the molecule is Cc1ccc2c(c1)-c1c(ccn1C[C@@H](C)O)C21CCCC1. The summed E-state index contributed by atoms with van der Waals surface area (Å²) >= 11 is 0. The number of hydrogen-bond acceptors (Lipinski definition) is 1. The summed E-state index contributed by atoms with van der Waals surface area (Å²) in [4.78, 5) is 0. The molecule has 21 heavy (non-hydrogen) atoms.